The van der Waals surface area contributed by atoms with Crippen LogP contribution in [0.25, 0.3) is 0 Å². The molecule has 386 valence electrons. The van der Waals surface area contributed by atoms with E-state index in [1.165, 1.54) is 89.9 Å². The maximum atomic E-state index is 12.8. The molecule has 0 saturated heterocycles. The summed E-state index contributed by atoms with van der Waals surface area (Å²) in [4.78, 5) is 25.5. The summed E-state index contributed by atoms with van der Waals surface area (Å²) in [6.45, 7) is 7.51. The second kappa shape index (κ2) is 57.6. The SMILES string of the molecule is CC/C=C\C/C=C\C/C=C\C/C=C\C/C=C\CCCCCC(=O)OCC(COCCCCCCCCCCCCCCCCCC)OC(=O)CCC/C=C\C/C=C\C/C=C\C/C=C\C/C=C\CC. The first-order chi connectivity index (χ1) is 33.6. The van der Waals surface area contributed by atoms with E-state index in [4.69, 9.17) is 14.2 Å². The van der Waals surface area contributed by atoms with Crippen molar-refractivity contribution in [3.05, 3.63) is 122 Å². The molecular formula is C63H104O5. The van der Waals surface area contributed by atoms with Crippen molar-refractivity contribution >= 4 is 11.9 Å². The third-order valence-electron chi connectivity index (χ3n) is 11.5. The first kappa shape index (κ1) is 64.3. The van der Waals surface area contributed by atoms with E-state index in [-0.39, 0.29) is 25.2 Å². The van der Waals surface area contributed by atoms with Gasteiger partial charge in [-0.1, -0.05) is 245 Å². The minimum Gasteiger partial charge on any atom is -0.462 e. The molecule has 0 aromatic carbocycles. The Hall–Kier alpha value is -3.70. The summed E-state index contributed by atoms with van der Waals surface area (Å²) in [7, 11) is 0. The van der Waals surface area contributed by atoms with Crippen molar-refractivity contribution < 1.29 is 23.8 Å². The molecule has 0 spiro atoms. The van der Waals surface area contributed by atoms with Crippen molar-refractivity contribution in [2.45, 2.75) is 245 Å². The molecule has 0 aromatic rings. The van der Waals surface area contributed by atoms with Crippen LogP contribution in [0.4, 0.5) is 0 Å². The molecule has 0 aromatic heterocycles. The summed E-state index contributed by atoms with van der Waals surface area (Å²) in [6.07, 6.45) is 80.8. The Balaban J connectivity index is 4.44. The van der Waals surface area contributed by atoms with Crippen LogP contribution in [0.5, 0.6) is 0 Å². The van der Waals surface area contributed by atoms with Crippen LogP contribution in [0.1, 0.15) is 239 Å². The lowest BCUT2D eigenvalue weighted by molar-refractivity contribution is -0.162. The molecule has 0 aliphatic heterocycles. The van der Waals surface area contributed by atoms with E-state index in [0.717, 1.165) is 116 Å². The van der Waals surface area contributed by atoms with Crippen LogP contribution in [-0.4, -0.2) is 37.9 Å². The first-order valence-corrected chi connectivity index (χ1v) is 28.1. The van der Waals surface area contributed by atoms with Crippen molar-refractivity contribution in [2.75, 3.05) is 19.8 Å². The van der Waals surface area contributed by atoms with E-state index in [1.807, 2.05) is 0 Å². The summed E-state index contributed by atoms with van der Waals surface area (Å²) >= 11 is 0. The Labute approximate surface area is 420 Å². The molecule has 0 heterocycles. The van der Waals surface area contributed by atoms with E-state index >= 15 is 0 Å². The number of carbonyl (C=O) groups is 2. The Morgan fingerprint density at radius 1 is 0.338 bits per heavy atom. The van der Waals surface area contributed by atoms with Gasteiger partial charge < -0.3 is 14.2 Å². The molecule has 0 saturated carbocycles. The van der Waals surface area contributed by atoms with Crippen molar-refractivity contribution in [3.63, 3.8) is 0 Å². The van der Waals surface area contributed by atoms with Gasteiger partial charge in [-0.2, -0.15) is 0 Å². The third kappa shape index (κ3) is 54.9. The number of esters is 2. The molecule has 0 aliphatic carbocycles. The van der Waals surface area contributed by atoms with E-state index in [2.05, 4.69) is 142 Å². The van der Waals surface area contributed by atoms with Gasteiger partial charge in [-0.15, -0.1) is 0 Å². The highest BCUT2D eigenvalue weighted by molar-refractivity contribution is 5.70. The summed E-state index contributed by atoms with van der Waals surface area (Å²) in [6, 6.07) is 0. The highest BCUT2D eigenvalue weighted by atomic mass is 16.6. The number of hydrogen-bond acceptors (Lipinski definition) is 5. The highest BCUT2D eigenvalue weighted by Gasteiger charge is 2.17. The minimum atomic E-state index is -0.587. The lowest BCUT2D eigenvalue weighted by atomic mass is 10.0. The van der Waals surface area contributed by atoms with Crippen molar-refractivity contribution in [2.24, 2.45) is 0 Å². The molecule has 5 heteroatoms. The summed E-state index contributed by atoms with van der Waals surface area (Å²) < 4.78 is 17.4. The zero-order valence-electron chi connectivity index (χ0n) is 44.3. The Morgan fingerprint density at radius 2 is 0.676 bits per heavy atom. The molecule has 0 fully saturated rings. The number of hydrogen-bond donors (Lipinski definition) is 0. The van der Waals surface area contributed by atoms with Crippen LogP contribution in [0, 0.1) is 0 Å². The topological polar surface area (TPSA) is 61.8 Å². The van der Waals surface area contributed by atoms with Gasteiger partial charge in [0, 0.05) is 19.4 Å². The van der Waals surface area contributed by atoms with E-state index in [0.29, 0.717) is 19.4 Å². The van der Waals surface area contributed by atoms with Gasteiger partial charge in [0.05, 0.1) is 6.61 Å². The molecule has 0 aliphatic rings. The third-order valence-corrected chi connectivity index (χ3v) is 11.5. The fourth-order valence-electron chi connectivity index (χ4n) is 7.40. The second-order valence-corrected chi connectivity index (χ2v) is 18.1. The largest absolute Gasteiger partial charge is 0.462 e. The van der Waals surface area contributed by atoms with Gasteiger partial charge in [0.25, 0.3) is 0 Å². The Kier molecular flexibility index (Phi) is 54.5. The molecule has 0 amide bonds. The fraction of sp³-hybridized carbons (Fsp3) is 0.651. The fourth-order valence-corrected chi connectivity index (χ4v) is 7.40. The second-order valence-electron chi connectivity index (χ2n) is 18.1. The number of carbonyl (C=O) groups excluding carboxylic acids is 2. The van der Waals surface area contributed by atoms with E-state index < -0.39 is 6.10 Å². The molecule has 68 heavy (non-hydrogen) atoms. The van der Waals surface area contributed by atoms with Crippen LogP contribution in [0.3, 0.4) is 0 Å². The average Bonchev–Trinajstić information content (AvgIpc) is 3.34. The average molecular weight is 942 g/mol. The quantitative estimate of drug-likeness (QED) is 0.0345. The van der Waals surface area contributed by atoms with Crippen molar-refractivity contribution in [1.29, 1.82) is 0 Å². The Bertz CT molecular complexity index is 1390. The van der Waals surface area contributed by atoms with Crippen LogP contribution >= 0.6 is 0 Å². The molecule has 0 N–H and O–H groups in total. The highest BCUT2D eigenvalue weighted by Crippen LogP contribution is 2.14. The van der Waals surface area contributed by atoms with Crippen LogP contribution in [0.2, 0.25) is 0 Å². The van der Waals surface area contributed by atoms with Crippen molar-refractivity contribution in [3.8, 4) is 0 Å². The van der Waals surface area contributed by atoms with Gasteiger partial charge >= 0.3 is 11.9 Å². The first-order valence-electron chi connectivity index (χ1n) is 28.1. The standard InChI is InChI=1S/C63H104O5/c1-4-7-10-13-16-19-22-25-28-31-32-34-35-38-41-44-47-50-53-56-62(64)67-60-61(59-66-58-55-52-49-46-43-40-37-30-27-24-21-18-15-12-9-6-3)68-63(65)57-54-51-48-45-42-39-36-33-29-26-23-20-17-14-11-8-5-2/h7-8,10-11,16-17,19-20,25-26,28-29,32,34,36,38-39,41,45,48,61H,4-6,9,12-15,18,21-24,27,30-31,33,35,37,40,42-44,46-47,49-60H2,1-3H3/b10-7-,11-8-,19-16-,20-17-,28-25-,29-26-,34-32-,39-36-,41-38-,48-45-. The van der Waals surface area contributed by atoms with E-state index in [1.54, 1.807) is 0 Å². The normalized spacial score (nSPS) is 13.2. The van der Waals surface area contributed by atoms with Gasteiger partial charge in [-0.25, -0.2) is 0 Å². The lowest BCUT2D eigenvalue weighted by Gasteiger charge is -2.18. The van der Waals surface area contributed by atoms with Crippen molar-refractivity contribution in [1.82, 2.24) is 0 Å². The monoisotopic (exact) mass is 941 g/mol. The molecule has 0 rings (SSSR count). The smallest absolute Gasteiger partial charge is 0.306 e. The van der Waals surface area contributed by atoms with Gasteiger partial charge in [-0.05, 0) is 103 Å². The molecular weight excluding hydrogens is 837 g/mol. The zero-order chi connectivity index (χ0) is 49.2. The summed E-state index contributed by atoms with van der Waals surface area (Å²) in [5.74, 6) is -0.503. The maximum absolute atomic E-state index is 12.8. The van der Waals surface area contributed by atoms with Gasteiger partial charge in [0.1, 0.15) is 6.61 Å². The molecule has 0 radical (unpaired) electrons. The zero-order valence-corrected chi connectivity index (χ0v) is 44.3. The molecule has 1 atom stereocenters. The van der Waals surface area contributed by atoms with Crippen LogP contribution in [-0.2, 0) is 23.8 Å². The lowest BCUT2D eigenvalue weighted by Crippen LogP contribution is -2.30. The summed E-state index contributed by atoms with van der Waals surface area (Å²) in [5.41, 5.74) is 0. The molecule has 1 unspecified atom stereocenters. The minimum absolute atomic E-state index is 0.0400. The predicted octanol–water partition coefficient (Wildman–Crippen LogP) is 19.3. The van der Waals surface area contributed by atoms with Crippen LogP contribution < -0.4 is 0 Å². The maximum Gasteiger partial charge on any atom is 0.306 e. The number of unbranched alkanes of at least 4 members (excludes halogenated alkanes) is 19. The van der Waals surface area contributed by atoms with Gasteiger partial charge in [0.2, 0.25) is 0 Å². The summed E-state index contributed by atoms with van der Waals surface area (Å²) in [5, 5.41) is 0. The number of rotatable bonds is 50. The Morgan fingerprint density at radius 3 is 1.09 bits per heavy atom. The van der Waals surface area contributed by atoms with Crippen LogP contribution in [0.15, 0.2) is 122 Å². The number of allylic oxidation sites excluding steroid dienone is 20. The predicted molar refractivity (Wildman–Crippen MR) is 297 cm³/mol. The van der Waals surface area contributed by atoms with E-state index in [9.17, 15) is 9.59 Å². The molecule has 0 bridgehead atoms. The molecule has 5 nitrogen and oxygen atoms in total. The number of ether oxygens (including phenoxy) is 3. The van der Waals surface area contributed by atoms with Gasteiger partial charge in [0.15, 0.2) is 6.10 Å². The van der Waals surface area contributed by atoms with Gasteiger partial charge in [-0.3, -0.25) is 9.59 Å².